The van der Waals surface area contributed by atoms with Crippen LogP contribution in [0.1, 0.15) is 57.1 Å². The van der Waals surface area contributed by atoms with Gasteiger partial charge in [0, 0.05) is 44.8 Å². The fraction of sp³-hybridized carbons (Fsp3) is 0.619. The number of likely N-dealkylation sites (tertiary alicyclic amines) is 1. The molecule has 26 heavy (non-hydrogen) atoms. The summed E-state index contributed by atoms with van der Waals surface area (Å²) in [5.74, 6) is 0.132. The van der Waals surface area contributed by atoms with Gasteiger partial charge in [0.2, 0.25) is 0 Å². The Bertz CT molecular complexity index is 635. The molecule has 1 amide bonds. The van der Waals surface area contributed by atoms with Gasteiger partial charge in [-0.2, -0.15) is 0 Å². The van der Waals surface area contributed by atoms with Gasteiger partial charge in [-0.1, -0.05) is 19.1 Å². The molecule has 1 aliphatic heterocycles. The molecular formula is C21H32N3OY+. The van der Waals surface area contributed by atoms with Crippen molar-refractivity contribution in [2.75, 3.05) is 25.0 Å². The van der Waals surface area contributed by atoms with Crippen molar-refractivity contribution in [2.24, 2.45) is 0 Å². The Morgan fingerprint density at radius 2 is 1.69 bits per heavy atom. The van der Waals surface area contributed by atoms with E-state index in [4.69, 9.17) is 6.57 Å². The van der Waals surface area contributed by atoms with Crippen molar-refractivity contribution in [3.63, 3.8) is 0 Å². The minimum atomic E-state index is 0. The first kappa shape index (κ1) is 23.3. The largest absolute Gasteiger partial charge is 0.321 e. The Balaban J connectivity index is 0.00000338. The van der Waals surface area contributed by atoms with E-state index in [-0.39, 0.29) is 44.7 Å². The summed E-state index contributed by atoms with van der Waals surface area (Å²) in [6.07, 6.45) is 5.87. The van der Waals surface area contributed by atoms with Crippen LogP contribution in [0.4, 0.5) is 11.4 Å². The van der Waals surface area contributed by atoms with E-state index < -0.39 is 0 Å². The van der Waals surface area contributed by atoms with Crippen LogP contribution in [0.15, 0.2) is 12.1 Å². The Morgan fingerprint density at radius 3 is 2.12 bits per heavy atom. The van der Waals surface area contributed by atoms with Gasteiger partial charge in [0.05, 0.1) is 26.2 Å². The van der Waals surface area contributed by atoms with Gasteiger partial charge in [-0.25, -0.2) is 4.85 Å². The number of benzene rings is 1. The van der Waals surface area contributed by atoms with Crippen LogP contribution in [0.3, 0.4) is 0 Å². The third-order valence-electron chi connectivity index (χ3n) is 5.83. The van der Waals surface area contributed by atoms with Gasteiger partial charge in [0.25, 0.3) is 5.91 Å². The van der Waals surface area contributed by atoms with Gasteiger partial charge < -0.3 is 9.80 Å². The number of quaternary nitrogens is 1. The molecule has 139 valence electrons. The summed E-state index contributed by atoms with van der Waals surface area (Å²) in [5.41, 5.74) is 3.44. The molecule has 1 unspecified atom stereocenters. The molecule has 0 saturated carbocycles. The van der Waals surface area contributed by atoms with E-state index in [0.717, 1.165) is 47.4 Å². The monoisotopic (exact) mass is 431 g/mol. The van der Waals surface area contributed by atoms with E-state index in [2.05, 4.69) is 24.0 Å². The molecule has 5 heteroatoms. The summed E-state index contributed by atoms with van der Waals surface area (Å²) in [4.78, 5) is 16.7. The van der Waals surface area contributed by atoms with Crippen LogP contribution in [-0.4, -0.2) is 36.1 Å². The number of anilines is 1. The molecule has 1 heterocycles. The van der Waals surface area contributed by atoms with Gasteiger partial charge in [0.1, 0.15) is 0 Å². The maximum Gasteiger partial charge on any atom is 0.282 e. The molecule has 1 fully saturated rings. The summed E-state index contributed by atoms with van der Waals surface area (Å²) in [5, 5.41) is 3.20. The standard InChI is InChI=1S/C21H31N3O.Y/c1-6-19(24(7-2)12-10-8-9-11-13-24)21(25)23-20-16(3)14-18(22-5)15-17(20)4;/h14-15,19H,6-13H2,1-4H3;/p+1. The molecule has 1 aromatic carbocycles. The summed E-state index contributed by atoms with van der Waals surface area (Å²) >= 11 is 0. The number of nitrogens with zero attached hydrogens (tertiary/aromatic N) is 2. The van der Waals surface area contributed by atoms with Crippen LogP contribution < -0.4 is 5.32 Å². The van der Waals surface area contributed by atoms with Crippen LogP contribution in [0.2, 0.25) is 0 Å². The third-order valence-corrected chi connectivity index (χ3v) is 5.83. The smallest absolute Gasteiger partial charge is 0.282 e. The third kappa shape index (κ3) is 5.15. The van der Waals surface area contributed by atoms with Gasteiger partial charge >= 0.3 is 0 Å². The van der Waals surface area contributed by atoms with Crippen LogP contribution in [0, 0.1) is 20.4 Å². The van der Waals surface area contributed by atoms with Crippen LogP contribution in [0.5, 0.6) is 0 Å². The zero-order chi connectivity index (χ0) is 18.4. The number of carbonyl (C=O) groups excluding carboxylic acids is 1. The van der Waals surface area contributed by atoms with Crippen molar-refractivity contribution in [1.29, 1.82) is 0 Å². The Hall–Kier alpha value is -0.756. The zero-order valence-corrected chi connectivity index (χ0v) is 19.6. The molecule has 0 aliphatic carbocycles. The molecule has 0 bridgehead atoms. The quantitative estimate of drug-likeness (QED) is 0.518. The van der Waals surface area contributed by atoms with Gasteiger partial charge in [-0.05, 0) is 57.6 Å². The van der Waals surface area contributed by atoms with Gasteiger partial charge in [-0.15, -0.1) is 0 Å². The van der Waals surface area contributed by atoms with E-state index in [0.29, 0.717) is 5.69 Å². The number of amides is 1. The number of hydrogen-bond acceptors (Lipinski definition) is 1. The second kappa shape index (κ2) is 10.5. The molecule has 0 aromatic heterocycles. The fourth-order valence-electron chi connectivity index (χ4n) is 4.40. The minimum absolute atomic E-state index is 0. The van der Waals surface area contributed by atoms with Crippen molar-refractivity contribution in [2.45, 2.75) is 65.8 Å². The number of likely N-dealkylation sites (N-methyl/N-ethyl adjacent to an activating group) is 1. The predicted octanol–water partition coefficient (Wildman–Crippen LogP) is 4.98. The summed E-state index contributed by atoms with van der Waals surface area (Å²) < 4.78 is 0.917. The van der Waals surface area contributed by atoms with Crippen LogP contribution in [-0.2, 0) is 37.5 Å². The average Bonchev–Trinajstić information content (AvgIpc) is 2.85. The first-order valence-electron chi connectivity index (χ1n) is 9.62. The Kier molecular flexibility index (Phi) is 9.44. The number of nitrogens with one attached hydrogen (secondary N) is 1. The molecule has 1 saturated heterocycles. The topological polar surface area (TPSA) is 33.5 Å². The Labute approximate surface area is 184 Å². The van der Waals surface area contributed by atoms with Crippen molar-refractivity contribution in [1.82, 2.24) is 0 Å². The maximum absolute atomic E-state index is 13.2. The van der Waals surface area contributed by atoms with Gasteiger partial charge in [0.15, 0.2) is 11.7 Å². The number of hydrogen-bond donors (Lipinski definition) is 1. The van der Waals surface area contributed by atoms with E-state index in [1.54, 1.807) is 0 Å². The van der Waals surface area contributed by atoms with Crippen LogP contribution >= 0.6 is 0 Å². The molecule has 4 nitrogen and oxygen atoms in total. The molecule has 1 radical (unpaired) electrons. The van der Waals surface area contributed by atoms with E-state index >= 15 is 0 Å². The normalized spacial score (nSPS) is 17.3. The molecular weight excluding hydrogens is 399 g/mol. The Morgan fingerprint density at radius 1 is 1.15 bits per heavy atom. The number of carbonyl (C=O) groups is 1. The van der Waals surface area contributed by atoms with E-state index in [9.17, 15) is 4.79 Å². The molecule has 1 atom stereocenters. The second-order valence-electron chi connectivity index (χ2n) is 7.38. The van der Waals surface area contributed by atoms with E-state index in [1.807, 2.05) is 26.0 Å². The predicted molar refractivity (Wildman–Crippen MR) is 104 cm³/mol. The molecule has 0 spiro atoms. The summed E-state index contributed by atoms with van der Waals surface area (Å²) in [6, 6.07) is 3.71. The minimum Gasteiger partial charge on any atom is -0.321 e. The van der Waals surface area contributed by atoms with Crippen LogP contribution in [0.25, 0.3) is 4.85 Å². The fourth-order valence-corrected chi connectivity index (χ4v) is 4.40. The summed E-state index contributed by atoms with van der Waals surface area (Å²) in [7, 11) is 0. The van der Waals surface area contributed by atoms with Gasteiger partial charge in [-0.3, -0.25) is 4.79 Å². The average molecular weight is 431 g/mol. The SMILES string of the molecule is [C-]#[N+]c1cc(C)c(NC(=O)C(CC)[N+]2(CC)CCCCCC2)c(C)c1.[Y]. The second-order valence-corrected chi connectivity index (χ2v) is 7.38. The summed E-state index contributed by atoms with van der Waals surface area (Å²) in [6.45, 7) is 18.7. The molecule has 1 aliphatic rings. The zero-order valence-electron chi connectivity index (χ0n) is 16.8. The molecule has 1 N–H and O–H groups in total. The first-order valence-corrected chi connectivity index (χ1v) is 9.62. The van der Waals surface area contributed by atoms with Crippen molar-refractivity contribution in [3.8, 4) is 0 Å². The van der Waals surface area contributed by atoms with Crippen molar-refractivity contribution < 1.29 is 42.0 Å². The first-order chi connectivity index (χ1) is 12.0. The number of rotatable bonds is 5. The molecule has 2 rings (SSSR count). The van der Waals surface area contributed by atoms with Crippen molar-refractivity contribution in [3.05, 3.63) is 34.7 Å². The van der Waals surface area contributed by atoms with E-state index in [1.165, 1.54) is 25.7 Å². The van der Waals surface area contributed by atoms with Crippen molar-refractivity contribution >= 4 is 17.3 Å². The number of aryl methyl sites for hydroxylation is 2. The molecule has 1 aromatic rings. The maximum atomic E-state index is 13.2.